The zero-order chi connectivity index (χ0) is 25.3. The number of aryl methyl sites for hydroxylation is 1. The van der Waals surface area contributed by atoms with Crippen molar-refractivity contribution in [2.45, 2.75) is 38.1 Å². The first kappa shape index (κ1) is 24.9. The zero-order valence-corrected chi connectivity index (χ0v) is 19.7. The first-order valence-corrected chi connectivity index (χ1v) is 11.3. The number of aromatic carboxylic acids is 1. The van der Waals surface area contributed by atoms with Crippen LogP contribution in [0.4, 0.5) is 18.9 Å². The van der Waals surface area contributed by atoms with Crippen LogP contribution in [0, 0.1) is 6.92 Å². The average molecular weight is 492 g/mol. The van der Waals surface area contributed by atoms with Gasteiger partial charge in [-0.15, -0.1) is 0 Å². The Balaban J connectivity index is 1.70. The van der Waals surface area contributed by atoms with Crippen LogP contribution in [0.25, 0.3) is 10.9 Å². The van der Waals surface area contributed by atoms with Crippen LogP contribution in [0.15, 0.2) is 42.6 Å². The standard InChI is InChI=1S/C25H28F3N3O4/c1-15-12-21(34-3)23(19-8-10-29-22(15)19)30(2)31-11-9-18(35-14-25(26,27)28)13-20(31)16-4-6-17(7-5-16)24(32)33/h4-8,10,12,18,20,29H,9,11,13-14H2,1-3H3,(H,32,33)/t18-,20+/m1/s1. The van der Waals surface area contributed by atoms with Crippen molar-refractivity contribution in [2.75, 3.05) is 32.3 Å². The number of H-pyrrole nitrogens is 1. The number of carbonyl (C=O) groups is 1. The molecule has 2 atom stereocenters. The van der Waals surface area contributed by atoms with Crippen molar-refractivity contribution in [3.05, 3.63) is 59.3 Å². The van der Waals surface area contributed by atoms with Crippen LogP contribution in [0.1, 0.15) is 40.4 Å². The number of halogens is 3. The van der Waals surface area contributed by atoms with E-state index < -0.39 is 24.9 Å². The molecule has 188 valence electrons. The first-order chi connectivity index (χ1) is 16.6. The number of hydrogen-bond acceptors (Lipinski definition) is 5. The smallest absolute Gasteiger partial charge is 0.411 e. The van der Waals surface area contributed by atoms with E-state index in [-0.39, 0.29) is 11.6 Å². The van der Waals surface area contributed by atoms with Gasteiger partial charge >= 0.3 is 12.1 Å². The summed E-state index contributed by atoms with van der Waals surface area (Å²) in [5.74, 6) is -0.368. The van der Waals surface area contributed by atoms with Crippen LogP contribution in [0.5, 0.6) is 5.75 Å². The molecule has 0 unspecified atom stereocenters. The topological polar surface area (TPSA) is 78.0 Å². The maximum absolute atomic E-state index is 12.8. The van der Waals surface area contributed by atoms with E-state index in [1.165, 1.54) is 12.1 Å². The van der Waals surface area contributed by atoms with Crippen molar-refractivity contribution < 1.29 is 32.5 Å². The number of benzene rings is 2. The SMILES string of the molecule is COc1cc(C)c2[nH]ccc2c1N(C)N1CC[C@@H](OCC(F)(F)F)C[C@H]1c1ccc(C(=O)O)cc1. The molecule has 0 bridgehead atoms. The van der Waals surface area contributed by atoms with Gasteiger partial charge in [0.05, 0.1) is 30.3 Å². The molecule has 1 saturated heterocycles. The van der Waals surface area contributed by atoms with Crippen LogP contribution < -0.4 is 9.75 Å². The molecule has 2 aromatic carbocycles. The van der Waals surface area contributed by atoms with Gasteiger partial charge in [0.1, 0.15) is 18.0 Å². The molecule has 3 aromatic rings. The molecule has 1 aliphatic heterocycles. The minimum atomic E-state index is -4.40. The Labute approximate surface area is 201 Å². The van der Waals surface area contributed by atoms with Crippen LogP contribution in [-0.4, -0.2) is 60.7 Å². The third-order valence-corrected chi connectivity index (χ3v) is 6.46. The van der Waals surface area contributed by atoms with Crippen LogP contribution in [0.3, 0.4) is 0 Å². The van der Waals surface area contributed by atoms with Crippen LogP contribution in [0.2, 0.25) is 0 Å². The maximum atomic E-state index is 12.8. The van der Waals surface area contributed by atoms with Gasteiger partial charge in [-0.3, -0.25) is 0 Å². The van der Waals surface area contributed by atoms with Crippen molar-refractivity contribution in [1.82, 2.24) is 9.99 Å². The van der Waals surface area contributed by atoms with Gasteiger partial charge in [0, 0.05) is 25.2 Å². The molecule has 1 aromatic heterocycles. The van der Waals surface area contributed by atoms with Gasteiger partial charge in [-0.2, -0.15) is 13.2 Å². The monoisotopic (exact) mass is 491 g/mol. The zero-order valence-electron chi connectivity index (χ0n) is 19.7. The molecule has 35 heavy (non-hydrogen) atoms. The number of methoxy groups -OCH3 is 1. The number of aromatic amines is 1. The van der Waals surface area contributed by atoms with E-state index in [0.717, 1.165) is 27.7 Å². The van der Waals surface area contributed by atoms with Gasteiger partial charge in [-0.1, -0.05) is 12.1 Å². The van der Waals surface area contributed by atoms with Crippen molar-refractivity contribution in [2.24, 2.45) is 0 Å². The summed E-state index contributed by atoms with van der Waals surface area (Å²) in [7, 11) is 3.50. The Morgan fingerprint density at radius 3 is 2.60 bits per heavy atom. The normalized spacial score (nSPS) is 19.1. The fourth-order valence-corrected chi connectivity index (χ4v) is 4.78. The summed E-state index contributed by atoms with van der Waals surface area (Å²) in [6.07, 6.45) is -2.40. The third-order valence-electron chi connectivity index (χ3n) is 6.46. The molecule has 2 N–H and O–H groups in total. The fraction of sp³-hybridized carbons (Fsp3) is 0.400. The van der Waals surface area contributed by atoms with Gasteiger partial charge in [-0.25, -0.2) is 9.80 Å². The highest BCUT2D eigenvalue weighted by Crippen LogP contribution is 2.42. The molecule has 0 aliphatic carbocycles. The highest BCUT2D eigenvalue weighted by molar-refractivity contribution is 5.97. The summed E-state index contributed by atoms with van der Waals surface area (Å²) in [6, 6.07) is 10.0. The lowest BCUT2D eigenvalue weighted by molar-refractivity contribution is -0.191. The lowest BCUT2D eigenvalue weighted by atomic mass is 9.93. The summed E-state index contributed by atoms with van der Waals surface area (Å²) in [5.41, 5.74) is 3.76. The number of carboxylic acid groups (broad SMARTS) is 1. The number of anilines is 1. The van der Waals surface area contributed by atoms with Gasteiger partial charge < -0.3 is 24.6 Å². The number of rotatable bonds is 7. The summed E-state index contributed by atoms with van der Waals surface area (Å²) in [6.45, 7) is 1.13. The fourth-order valence-electron chi connectivity index (χ4n) is 4.78. The number of carboxylic acids is 1. The van der Waals surface area contributed by atoms with Crippen molar-refractivity contribution in [3.63, 3.8) is 0 Å². The minimum absolute atomic E-state index is 0.142. The number of hydrazine groups is 1. The van der Waals surface area contributed by atoms with E-state index in [2.05, 4.69) is 9.99 Å². The van der Waals surface area contributed by atoms with Gasteiger partial charge in [-0.05, 0) is 55.2 Å². The summed E-state index contributed by atoms with van der Waals surface area (Å²) >= 11 is 0. The molecule has 4 rings (SSSR count). The number of hydrogen-bond donors (Lipinski definition) is 2. The number of piperidine rings is 1. The molecular weight excluding hydrogens is 463 g/mol. The second-order valence-electron chi connectivity index (χ2n) is 8.71. The molecule has 1 aliphatic rings. The average Bonchev–Trinajstić information content (AvgIpc) is 3.32. The number of ether oxygens (including phenoxy) is 2. The molecule has 2 heterocycles. The van der Waals surface area contributed by atoms with E-state index in [1.54, 1.807) is 19.2 Å². The lowest BCUT2D eigenvalue weighted by Gasteiger charge is -2.45. The number of fused-ring (bicyclic) bond motifs is 1. The Hall–Kier alpha value is -3.24. The van der Waals surface area contributed by atoms with E-state index in [4.69, 9.17) is 9.47 Å². The second-order valence-corrected chi connectivity index (χ2v) is 8.71. The highest BCUT2D eigenvalue weighted by Gasteiger charge is 2.36. The van der Waals surface area contributed by atoms with Crippen LogP contribution in [-0.2, 0) is 4.74 Å². The summed E-state index contributed by atoms with van der Waals surface area (Å²) in [4.78, 5) is 14.6. The molecule has 0 spiro atoms. The molecule has 0 radical (unpaired) electrons. The predicted octanol–water partition coefficient (Wildman–Crippen LogP) is 5.32. The maximum Gasteiger partial charge on any atom is 0.411 e. The van der Waals surface area contributed by atoms with Crippen molar-refractivity contribution >= 4 is 22.6 Å². The van der Waals surface area contributed by atoms with Crippen molar-refractivity contribution in [3.8, 4) is 5.75 Å². The Morgan fingerprint density at radius 1 is 1.26 bits per heavy atom. The van der Waals surface area contributed by atoms with E-state index in [0.29, 0.717) is 25.1 Å². The number of nitrogens with one attached hydrogen (secondary N) is 1. The van der Waals surface area contributed by atoms with Crippen molar-refractivity contribution in [1.29, 1.82) is 0 Å². The summed E-state index contributed by atoms with van der Waals surface area (Å²) in [5, 5.41) is 14.3. The molecule has 0 saturated carbocycles. The Kier molecular flexibility index (Phi) is 6.95. The number of aromatic nitrogens is 1. The largest absolute Gasteiger partial charge is 0.494 e. The van der Waals surface area contributed by atoms with E-state index in [1.807, 2.05) is 37.3 Å². The van der Waals surface area contributed by atoms with Gasteiger partial charge in [0.15, 0.2) is 0 Å². The molecular formula is C25H28F3N3O4. The highest BCUT2D eigenvalue weighted by atomic mass is 19.4. The van der Waals surface area contributed by atoms with E-state index in [9.17, 15) is 23.1 Å². The number of nitrogens with zero attached hydrogens (tertiary/aromatic N) is 2. The van der Waals surface area contributed by atoms with E-state index >= 15 is 0 Å². The molecule has 0 amide bonds. The predicted molar refractivity (Wildman–Crippen MR) is 126 cm³/mol. The lowest BCUT2D eigenvalue weighted by Crippen LogP contribution is -2.49. The minimum Gasteiger partial charge on any atom is -0.494 e. The Bertz CT molecular complexity index is 1190. The molecule has 1 fully saturated rings. The van der Waals surface area contributed by atoms with Crippen LogP contribution >= 0.6 is 0 Å². The molecule has 10 heteroatoms. The third kappa shape index (κ3) is 5.23. The molecule has 7 nitrogen and oxygen atoms in total. The van der Waals surface area contributed by atoms with Gasteiger partial charge in [0.2, 0.25) is 0 Å². The number of alkyl halides is 3. The Morgan fingerprint density at radius 2 is 1.97 bits per heavy atom. The quantitative estimate of drug-likeness (QED) is 0.466. The summed E-state index contributed by atoms with van der Waals surface area (Å²) < 4.78 is 49.3. The second kappa shape index (κ2) is 9.79. The first-order valence-electron chi connectivity index (χ1n) is 11.3. The van der Waals surface area contributed by atoms with Gasteiger partial charge in [0.25, 0.3) is 0 Å².